The average molecular weight is 371 g/mol. The van der Waals surface area contributed by atoms with Crippen LogP contribution in [0, 0.1) is 12.7 Å². The van der Waals surface area contributed by atoms with Gasteiger partial charge in [-0.3, -0.25) is 4.79 Å². The zero-order valence-electron chi connectivity index (χ0n) is 14.9. The summed E-state index contributed by atoms with van der Waals surface area (Å²) in [6, 6.07) is 15.5. The van der Waals surface area contributed by atoms with Gasteiger partial charge in [0.15, 0.2) is 0 Å². The van der Waals surface area contributed by atoms with Gasteiger partial charge in [0, 0.05) is 22.4 Å². The van der Waals surface area contributed by atoms with E-state index >= 15 is 0 Å². The predicted octanol–water partition coefficient (Wildman–Crippen LogP) is 5.38. The summed E-state index contributed by atoms with van der Waals surface area (Å²) in [5.74, 6) is -0.432. The SMILES string of the molecule is Cc1c(C(=O)NC(C)C)cc(-c2ccc(Cl)cc2)n1-c1ccc(F)cc1. The van der Waals surface area contributed by atoms with Crippen molar-refractivity contribution in [3.05, 3.63) is 76.7 Å². The van der Waals surface area contributed by atoms with E-state index in [2.05, 4.69) is 5.32 Å². The lowest BCUT2D eigenvalue weighted by atomic mass is 10.1. The second kappa shape index (κ2) is 7.34. The first-order chi connectivity index (χ1) is 12.4. The monoisotopic (exact) mass is 370 g/mol. The lowest BCUT2D eigenvalue weighted by Gasteiger charge is -2.13. The minimum Gasteiger partial charge on any atom is -0.350 e. The van der Waals surface area contributed by atoms with Crippen molar-refractivity contribution in [2.75, 3.05) is 0 Å². The molecule has 0 saturated carbocycles. The van der Waals surface area contributed by atoms with E-state index in [1.807, 2.05) is 55.7 Å². The molecule has 1 heterocycles. The predicted molar refractivity (Wildman–Crippen MR) is 104 cm³/mol. The molecule has 26 heavy (non-hydrogen) atoms. The summed E-state index contributed by atoms with van der Waals surface area (Å²) in [7, 11) is 0. The van der Waals surface area contributed by atoms with Crippen LogP contribution >= 0.6 is 11.6 Å². The van der Waals surface area contributed by atoms with Crippen LogP contribution in [0.2, 0.25) is 5.02 Å². The largest absolute Gasteiger partial charge is 0.350 e. The average Bonchev–Trinajstić information content (AvgIpc) is 2.93. The molecule has 3 nitrogen and oxygen atoms in total. The third-order valence-corrected chi connectivity index (χ3v) is 4.39. The number of hydrogen-bond acceptors (Lipinski definition) is 1. The van der Waals surface area contributed by atoms with Gasteiger partial charge in [-0.1, -0.05) is 23.7 Å². The molecule has 0 bridgehead atoms. The van der Waals surface area contributed by atoms with E-state index in [-0.39, 0.29) is 17.8 Å². The number of halogens is 2. The summed E-state index contributed by atoms with van der Waals surface area (Å²) in [4.78, 5) is 12.6. The summed E-state index contributed by atoms with van der Waals surface area (Å²) < 4.78 is 15.3. The van der Waals surface area contributed by atoms with Crippen molar-refractivity contribution >= 4 is 17.5 Å². The van der Waals surface area contributed by atoms with E-state index in [0.717, 1.165) is 22.6 Å². The van der Waals surface area contributed by atoms with E-state index in [0.29, 0.717) is 10.6 Å². The Hall–Kier alpha value is -2.59. The molecule has 0 aliphatic carbocycles. The first-order valence-electron chi connectivity index (χ1n) is 8.42. The standard InChI is InChI=1S/C21H20ClFN2O/c1-13(2)24-21(26)19-12-20(15-4-6-16(22)7-5-15)25(14(19)3)18-10-8-17(23)9-11-18/h4-13H,1-3H3,(H,24,26). The van der Waals surface area contributed by atoms with Crippen molar-refractivity contribution in [3.63, 3.8) is 0 Å². The van der Waals surface area contributed by atoms with E-state index in [9.17, 15) is 9.18 Å². The molecule has 0 unspecified atom stereocenters. The zero-order valence-corrected chi connectivity index (χ0v) is 15.6. The van der Waals surface area contributed by atoms with Crippen molar-refractivity contribution in [1.82, 2.24) is 9.88 Å². The molecule has 1 N–H and O–H groups in total. The number of nitrogens with zero attached hydrogens (tertiary/aromatic N) is 1. The Kier molecular flexibility index (Phi) is 5.14. The van der Waals surface area contributed by atoms with Crippen LogP contribution in [-0.4, -0.2) is 16.5 Å². The van der Waals surface area contributed by atoms with Crippen molar-refractivity contribution in [3.8, 4) is 16.9 Å². The molecule has 0 saturated heterocycles. The second-order valence-electron chi connectivity index (χ2n) is 6.48. The Bertz CT molecular complexity index is 928. The highest BCUT2D eigenvalue weighted by atomic mass is 35.5. The first-order valence-corrected chi connectivity index (χ1v) is 8.79. The Balaban J connectivity index is 2.19. The van der Waals surface area contributed by atoms with Crippen LogP contribution in [0.5, 0.6) is 0 Å². The summed E-state index contributed by atoms with van der Waals surface area (Å²) in [5, 5.41) is 3.57. The molecule has 3 rings (SSSR count). The number of benzene rings is 2. The fraction of sp³-hybridized carbons (Fsp3) is 0.190. The van der Waals surface area contributed by atoms with Gasteiger partial charge < -0.3 is 9.88 Å². The molecule has 1 aromatic heterocycles. The fourth-order valence-corrected chi connectivity index (χ4v) is 3.06. The summed E-state index contributed by atoms with van der Waals surface area (Å²) in [6.45, 7) is 5.73. The van der Waals surface area contributed by atoms with Crippen molar-refractivity contribution in [2.45, 2.75) is 26.8 Å². The topological polar surface area (TPSA) is 34.0 Å². The number of carbonyl (C=O) groups excluding carboxylic acids is 1. The molecule has 134 valence electrons. The molecule has 2 aromatic carbocycles. The molecule has 3 aromatic rings. The highest BCUT2D eigenvalue weighted by Crippen LogP contribution is 2.30. The van der Waals surface area contributed by atoms with Gasteiger partial charge in [-0.05, 0) is 68.8 Å². The van der Waals surface area contributed by atoms with Crippen molar-refractivity contribution in [2.24, 2.45) is 0 Å². The Labute approximate surface area is 157 Å². The van der Waals surface area contributed by atoms with Gasteiger partial charge in [-0.2, -0.15) is 0 Å². The van der Waals surface area contributed by atoms with Crippen LogP contribution in [0.15, 0.2) is 54.6 Å². The van der Waals surface area contributed by atoms with Crippen molar-refractivity contribution in [1.29, 1.82) is 0 Å². The molecule has 0 aliphatic heterocycles. The van der Waals surface area contributed by atoms with Gasteiger partial charge in [0.05, 0.1) is 11.3 Å². The van der Waals surface area contributed by atoms with Gasteiger partial charge in [-0.15, -0.1) is 0 Å². The van der Waals surface area contributed by atoms with Crippen LogP contribution < -0.4 is 5.32 Å². The van der Waals surface area contributed by atoms with Gasteiger partial charge in [-0.25, -0.2) is 4.39 Å². The number of nitrogens with one attached hydrogen (secondary N) is 1. The molecular weight excluding hydrogens is 351 g/mol. The maximum Gasteiger partial charge on any atom is 0.253 e. The van der Waals surface area contributed by atoms with Crippen molar-refractivity contribution < 1.29 is 9.18 Å². The third-order valence-electron chi connectivity index (χ3n) is 4.14. The van der Waals surface area contributed by atoms with Crippen LogP contribution in [0.3, 0.4) is 0 Å². The summed E-state index contributed by atoms with van der Waals surface area (Å²) >= 11 is 6.00. The van der Waals surface area contributed by atoms with Crippen LogP contribution in [-0.2, 0) is 0 Å². The van der Waals surface area contributed by atoms with Crippen LogP contribution in [0.1, 0.15) is 29.9 Å². The van der Waals surface area contributed by atoms with Gasteiger partial charge in [0.1, 0.15) is 5.82 Å². The van der Waals surface area contributed by atoms with Crippen LogP contribution in [0.25, 0.3) is 16.9 Å². The highest BCUT2D eigenvalue weighted by molar-refractivity contribution is 6.30. The lowest BCUT2D eigenvalue weighted by Crippen LogP contribution is -2.30. The van der Waals surface area contributed by atoms with E-state index in [1.165, 1.54) is 12.1 Å². The minimum absolute atomic E-state index is 0.0371. The number of carbonyl (C=O) groups is 1. The van der Waals surface area contributed by atoms with E-state index < -0.39 is 0 Å². The van der Waals surface area contributed by atoms with Gasteiger partial charge >= 0.3 is 0 Å². The highest BCUT2D eigenvalue weighted by Gasteiger charge is 2.20. The van der Waals surface area contributed by atoms with Crippen LogP contribution in [0.4, 0.5) is 4.39 Å². The normalized spacial score (nSPS) is 11.0. The van der Waals surface area contributed by atoms with E-state index in [4.69, 9.17) is 11.6 Å². The number of aromatic nitrogens is 1. The van der Waals surface area contributed by atoms with Gasteiger partial charge in [0.25, 0.3) is 5.91 Å². The number of hydrogen-bond donors (Lipinski definition) is 1. The number of rotatable bonds is 4. The molecule has 0 radical (unpaired) electrons. The Morgan fingerprint density at radius 3 is 2.27 bits per heavy atom. The smallest absolute Gasteiger partial charge is 0.253 e. The quantitative estimate of drug-likeness (QED) is 0.657. The molecule has 0 fully saturated rings. The first kappa shape index (κ1) is 18.2. The minimum atomic E-state index is -0.302. The summed E-state index contributed by atoms with van der Waals surface area (Å²) in [5.41, 5.74) is 3.94. The maximum absolute atomic E-state index is 13.4. The molecule has 1 amide bonds. The molecule has 0 atom stereocenters. The Morgan fingerprint density at radius 2 is 1.69 bits per heavy atom. The Morgan fingerprint density at radius 1 is 1.08 bits per heavy atom. The lowest BCUT2D eigenvalue weighted by molar-refractivity contribution is 0.0942. The van der Waals surface area contributed by atoms with E-state index in [1.54, 1.807) is 12.1 Å². The molecule has 0 spiro atoms. The fourth-order valence-electron chi connectivity index (χ4n) is 2.93. The maximum atomic E-state index is 13.4. The molecule has 5 heteroatoms. The number of amides is 1. The second-order valence-corrected chi connectivity index (χ2v) is 6.91. The van der Waals surface area contributed by atoms with Gasteiger partial charge in [0.2, 0.25) is 0 Å². The third kappa shape index (κ3) is 3.65. The summed E-state index contributed by atoms with van der Waals surface area (Å²) in [6.07, 6.45) is 0. The molecule has 0 aliphatic rings. The zero-order chi connectivity index (χ0) is 18.8. The molecular formula is C21H20ClFN2O.